The van der Waals surface area contributed by atoms with Crippen LogP contribution in [0.5, 0.6) is 5.88 Å². The standard InChI is InChI=1S/C13H17FN4O4S/c14-3-9(4-15)8-22-12-2-1-11(5-17-12)23(20,21)18-6-10(7-18)13(16)19/h1-3,5,10H,4,6-8,15H2,(H2,16,19)/b9-3-. The van der Waals surface area contributed by atoms with Gasteiger partial charge in [-0.1, -0.05) is 0 Å². The Hall–Kier alpha value is -2.04. The maximum absolute atomic E-state index is 12.3. The van der Waals surface area contributed by atoms with E-state index in [4.69, 9.17) is 16.2 Å². The Morgan fingerprint density at radius 1 is 1.48 bits per heavy atom. The lowest BCUT2D eigenvalue weighted by molar-refractivity contribution is -0.124. The molecule has 1 aromatic rings. The van der Waals surface area contributed by atoms with Crippen LogP contribution in [-0.4, -0.2) is 49.9 Å². The zero-order valence-corrected chi connectivity index (χ0v) is 13.0. The first-order valence-electron chi connectivity index (χ1n) is 6.75. The lowest BCUT2D eigenvalue weighted by atomic mass is 10.0. The molecule has 126 valence electrons. The summed E-state index contributed by atoms with van der Waals surface area (Å²) in [6.07, 6.45) is 1.50. The molecular weight excluding hydrogens is 327 g/mol. The van der Waals surface area contributed by atoms with Gasteiger partial charge in [-0.05, 0) is 6.07 Å². The smallest absolute Gasteiger partial charge is 0.244 e. The van der Waals surface area contributed by atoms with Crippen molar-refractivity contribution >= 4 is 15.9 Å². The highest BCUT2D eigenvalue weighted by Gasteiger charge is 2.39. The van der Waals surface area contributed by atoms with E-state index in [1.807, 2.05) is 0 Å². The monoisotopic (exact) mass is 344 g/mol. The van der Waals surface area contributed by atoms with Gasteiger partial charge in [-0.2, -0.15) is 4.31 Å². The van der Waals surface area contributed by atoms with E-state index in [0.29, 0.717) is 6.33 Å². The van der Waals surface area contributed by atoms with Gasteiger partial charge in [0.25, 0.3) is 0 Å². The third-order valence-electron chi connectivity index (χ3n) is 3.42. The van der Waals surface area contributed by atoms with E-state index >= 15 is 0 Å². The molecule has 1 aliphatic rings. The summed E-state index contributed by atoms with van der Waals surface area (Å²) in [6, 6.07) is 2.70. The van der Waals surface area contributed by atoms with Gasteiger partial charge in [0.1, 0.15) is 11.5 Å². The summed E-state index contributed by atoms with van der Waals surface area (Å²) in [6.45, 7) is 0.0750. The molecule has 0 bridgehead atoms. The number of amides is 1. The molecule has 0 saturated carbocycles. The second-order valence-electron chi connectivity index (χ2n) is 5.01. The third kappa shape index (κ3) is 3.84. The van der Waals surface area contributed by atoms with Crippen LogP contribution in [0.25, 0.3) is 0 Å². The molecule has 0 unspecified atom stereocenters. The van der Waals surface area contributed by atoms with Gasteiger partial charge < -0.3 is 16.2 Å². The number of rotatable bonds is 7. The maximum Gasteiger partial charge on any atom is 0.244 e. The molecule has 0 aromatic carbocycles. The molecule has 0 aliphatic carbocycles. The average molecular weight is 344 g/mol. The number of sulfonamides is 1. The van der Waals surface area contributed by atoms with Crippen molar-refractivity contribution in [2.24, 2.45) is 17.4 Å². The Bertz CT molecular complexity index is 699. The Kier molecular flexibility index (Phi) is 5.29. The Labute approximate surface area is 133 Å². The first-order chi connectivity index (χ1) is 10.9. The molecule has 0 spiro atoms. The van der Waals surface area contributed by atoms with Crippen LogP contribution in [0.3, 0.4) is 0 Å². The first kappa shape index (κ1) is 17.3. The lowest BCUT2D eigenvalue weighted by Crippen LogP contribution is -2.54. The Balaban J connectivity index is 2.00. The van der Waals surface area contributed by atoms with E-state index in [1.165, 1.54) is 12.1 Å². The van der Waals surface area contributed by atoms with Gasteiger partial charge >= 0.3 is 0 Å². The molecule has 4 N–H and O–H groups in total. The SMILES string of the molecule is NC/C(=C/F)COc1ccc(S(=O)(=O)N2CC(C(N)=O)C2)cn1. The fourth-order valence-electron chi connectivity index (χ4n) is 1.87. The molecular formula is C13H17FN4O4S. The minimum atomic E-state index is -3.71. The highest BCUT2D eigenvalue weighted by atomic mass is 32.2. The van der Waals surface area contributed by atoms with Crippen molar-refractivity contribution in [1.82, 2.24) is 9.29 Å². The predicted octanol–water partition coefficient (Wildman–Crippen LogP) is -0.622. The number of pyridine rings is 1. The van der Waals surface area contributed by atoms with Crippen molar-refractivity contribution in [1.29, 1.82) is 0 Å². The molecule has 10 heteroatoms. The second kappa shape index (κ2) is 7.02. The normalized spacial score (nSPS) is 16.9. The maximum atomic E-state index is 12.3. The predicted molar refractivity (Wildman–Crippen MR) is 79.4 cm³/mol. The van der Waals surface area contributed by atoms with Crippen molar-refractivity contribution in [3.05, 3.63) is 30.2 Å². The van der Waals surface area contributed by atoms with Crippen LogP contribution in [0.15, 0.2) is 35.1 Å². The molecule has 1 saturated heterocycles. The molecule has 8 nitrogen and oxygen atoms in total. The van der Waals surface area contributed by atoms with Gasteiger partial charge in [-0.25, -0.2) is 17.8 Å². The Morgan fingerprint density at radius 2 is 2.17 bits per heavy atom. The van der Waals surface area contributed by atoms with Gasteiger partial charge in [0, 0.05) is 31.3 Å². The van der Waals surface area contributed by atoms with Crippen LogP contribution >= 0.6 is 0 Å². The summed E-state index contributed by atoms with van der Waals surface area (Å²) in [5, 5.41) is 0. The van der Waals surface area contributed by atoms with Crippen LogP contribution in [0, 0.1) is 5.92 Å². The van der Waals surface area contributed by atoms with Crippen molar-refractivity contribution in [3.63, 3.8) is 0 Å². The van der Waals surface area contributed by atoms with Crippen molar-refractivity contribution in [3.8, 4) is 5.88 Å². The van der Waals surface area contributed by atoms with Crippen molar-refractivity contribution < 1.29 is 22.3 Å². The number of hydrogen-bond donors (Lipinski definition) is 2. The van der Waals surface area contributed by atoms with Gasteiger partial charge in [0.15, 0.2) is 0 Å². The summed E-state index contributed by atoms with van der Waals surface area (Å²) < 4.78 is 43.2. The van der Waals surface area contributed by atoms with Crippen LogP contribution in [-0.2, 0) is 14.8 Å². The number of hydrogen-bond acceptors (Lipinski definition) is 6. The van der Waals surface area contributed by atoms with Crippen molar-refractivity contribution in [2.45, 2.75) is 4.90 Å². The number of ether oxygens (including phenoxy) is 1. The molecule has 23 heavy (non-hydrogen) atoms. The average Bonchev–Trinajstić information content (AvgIpc) is 2.46. The molecule has 1 aromatic heterocycles. The summed E-state index contributed by atoms with van der Waals surface area (Å²) in [7, 11) is -3.71. The van der Waals surface area contributed by atoms with E-state index in [-0.39, 0.29) is 42.6 Å². The van der Waals surface area contributed by atoms with Gasteiger partial charge in [-0.3, -0.25) is 4.79 Å². The third-order valence-corrected chi connectivity index (χ3v) is 5.23. The van der Waals surface area contributed by atoms with E-state index in [1.54, 1.807) is 0 Å². The molecule has 1 aliphatic heterocycles. The fraction of sp³-hybridized carbons (Fsp3) is 0.385. The highest BCUT2D eigenvalue weighted by molar-refractivity contribution is 7.89. The summed E-state index contributed by atoms with van der Waals surface area (Å²) in [5.74, 6) is -0.826. The molecule has 2 rings (SSSR count). The van der Waals surface area contributed by atoms with Crippen LogP contribution in [0.4, 0.5) is 4.39 Å². The topological polar surface area (TPSA) is 129 Å². The molecule has 1 fully saturated rings. The number of halogens is 1. The quantitative estimate of drug-likeness (QED) is 0.678. The number of nitrogens with zero attached hydrogens (tertiary/aromatic N) is 2. The molecule has 1 amide bonds. The fourth-order valence-corrected chi connectivity index (χ4v) is 3.35. The van der Waals surface area contributed by atoms with Gasteiger partial charge in [0.05, 0.1) is 18.4 Å². The van der Waals surface area contributed by atoms with Crippen LogP contribution < -0.4 is 16.2 Å². The zero-order chi connectivity index (χ0) is 17.0. The molecule has 0 atom stereocenters. The van der Waals surface area contributed by atoms with E-state index in [0.717, 1.165) is 10.5 Å². The summed E-state index contributed by atoms with van der Waals surface area (Å²) in [5.41, 5.74) is 10.7. The minimum absolute atomic E-state index is 0.0128. The minimum Gasteiger partial charge on any atom is -0.473 e. The van der Waals surface area contributed by atoms with Crippen LogP contribution in [0.1, 0.15) is 0 Å². The zero-order valence-electron chi connectivity index (χ0n) is 12.2. The largest absolute Gasteiger partial charge is 0.473 e. The summed E-state index contributed by atoms with van der Waals surface area (Å²) >= 11 is 0. The molecule has 2 heterocycles. The van der Waals surface area contributed by atoms with Crippen LogP contribution in [0.2, 0.25) is 0 Å². The highest BCUT2D eigenvalue weighted by Crippen LogP contribution is 2.25. The number of carbonyl (C=O) groups excluding carboxylic acids is 1. The number of carbonyl (C=O) groups is 1. The number of aromatic nitrogens is 1. The molecule has 0 radical (unpaired) electrons. The van der Waals surface area contributed by atoms with Gasteiger partial charge in [0.2, 0.25) is 21.8 Å². The van der Waals surface area contributed by atoms with E-state index in [2.05, 4.69) is 4.98 Å². The Morgan fingerprint density at radius 3 is 2.65 bits per heavy atom. The summed E-state index contributed by atoms with van der Waals surface area (Å²) in [4.78, 5) is 14.8. The first-order valence-corrected chi connectivity index (χ1v) is 8.19. The second-order valence-corrected chi connectivity index (χ2v) is 6.95. The number of nitrogens with two attached hydrogens (primary N) is 2. The van der Waals surface area contributed by atoms with Gasteiger partial charge in [-0.15, -0.1) is 0 Å². The van der Waals surface area contributed by atoms with E-state index in [9.17, 15) is 17.6 Å². The lowest BCUT2D eigenvalue weighted by Gasteiger charge is -2.35. The van der Waals surface area contributed by atoms with Crippen molar-refractivity contribution in [2.75, 3.05) is 26.2 Å². The van der Waals surface area contributed by atoms with E-state index < -0.39 is 21.8 Å². The number of primary amides is 1.